The Kier molecular flexibility index (Phi) is 4.22. The van der Waals surface area contributed by atoms with Crippen LogP contribution in [0.1, 0.15) is 71.8 Å². The molecule has 7 rings (SSSR count). The van der Waals surface area contributed by atoms with Crippen LogP contribution in [0.3, 0.4) is 0 Å². The summed E-state index contributed by atoms with van der Waals surface area (Å²) in [6, 6.07) is 1.88. The van der Waals surface area contributed by atoms with E-state index in [-0.39, 0.29) is 54.6 Å². The van der Waals surface area contributed by atoms with Crippen LogP contribution in [0.15, 0.2) is 23.0 Å². The van der Waals surface area contributed by atoms with Gasteiger partial charge in [-0.2, -0.15) is 0 Å². The Balaban J connectivity index is 1.42. The average Bonchev–Trinajstić information content (AvgIpc) is 3.17. The Bertz CT molecular complexity index is 1170. The Morgan fingerprint density at radius 1 is 1.11 bits per heavy atom. The quantitative estimate of drug-likeness (QED) is 0.450. The highest BCUT2D eigenvalue weighted by molar-refractivity contribution is 5.98. The van der Waals surface area contributed by atoms with Crippen LogP contribution in [0.4, 0.5) is 0 Å². The van der Waals surface area contributed by atoms with Gasteiger partial charge in [0.1, 0.15) is 24.4 Å². The van der Waals surface area contributed by atoms with Crippen LogP contribution < -0.4 is 0 Å². The molecule has 1 aromatic rings. The second kappa shape index (κ2) is 6.62. The van der Waals surface area contributed by atoms with Gasteiger partial charge in [0.15, 0.2) is 5.78 Å². The van der Waals surface area contributed by atoms with E-state index < -0.39 is 39.7 Å². The van der Waals surface area contributed by atoms with Crippen molar-refractivity contribution >= 4 is 17.7 Å². The number of carbonyl (C=O) groups is 3. The summed E-state index contributed by atoms with van der Waals surface area (Å²) < 4.78 is 30.5. The molecule has 3 saturated carbocycles. The van der Waals surface area contributed by atoms with E-state index in [4.69, 9.17) is 23.4 Å². The summed E-state index contributed by atoms with van der Waals surface area (Å²) in [6.45, 7) is 10.2. The Morgan fingerprint density at radius 2 is 1.89 bits per heavy atom. The van der Waals surface area contributed by atoms with E-state index in [1.165, 1.54) is 6.92 Å². The van der Waals surface area contributed by atoms with Gasteiger partial charge in [-0.15, -0.1) is 0 Å². The van der Waals surface area contributed by atoms with E-state index in [0.717, 1.165) is 18.4 Å². The minimum atomic E-state index is -0.777. The number of carbonyl (C=O) groups excluding carboxylic acids is 3. The molecule has 0 aromatic carbocycles. The van der Waals surface area contributed by atoms with Gasteiger partial charge in [0.2, 0.25) is 0 Å². The highest BCUT2D eigenvalue weighted by atomic mass is 16.6. The first-order valence-corrected chi connectivity index (χ1v) is 13.2. The standard InChI is InChI=1S/C28H34O8/c1-14(29)34-18-10-17-24(2,3)35-19-11-20(30)33-13-27(17,19)16-6-8-25(4)21(15-7-9-32-12-15)22(31)23-28(25,36-23)26(16,18)5/h7,9,12,16-19,21,23H,6,8,10-11,13H2,1-5H3/t16-,17-,18+,19-,21+,23+,25-,26-,27+,28+/m0/s1. The molecule has 3 aliphatic carbocycles. The number of fused-ring (bicyclic) bond motifs is 1. The molecular formula is C28H34O8. The molecule has 0 radical (unpaired) electrons. The second-order valence-electron chi connectivity index (χ2n) is 13.0. The van der Waals surface area contributed by atoms with Crippen molar-refractivity contribution in [1.82, 2.24) is 0 Å². The van der Waals surface area contributed by atoms with Crippen LogP contribution >= 0.6 is 0 Å². The van der Waals surface area contributed by atoms with Crippen molar-refractivity contribution in [3.8, 4) is 0 Å². The SMILES string of the molecule is CC(=O)O[C@@H]1C[C@H]2C(C)(C)O[C@H]3CC(=O)OC[C@]32[C@H]2CC[C@@]3(C)[C@H](c4ccoc4)C(=O)[C@H]4O[C@]43[C@@]21C. The van der Waals surface area contributed by atoms with Crippen molar-refractivity contribution in [2.24, 2.45) is 28.1 Å². The number of Topliss-reactive ketones (excluding diaryl/α,β-unsaturated/α-hetero) is 1. The third-order valence-electron chi connectivity index (χ3n) is 11.4. The maximum Gasteiger partial charge on any atom is 0.308 e. The molecular weight excluding hydrogens is 464 g/mol. The maximum absolute atomic E-state index is 13.8. The van der Waals surface area contributed by atoms with Crippen molar-refractivity contribution in [3.05, 3.63) is 24.2 Å². The van der Waals surface area contributed by atoms with E-state index in [2.05, 4.69) is 27.7 Å². The third kappa shape index (κ3) is 2.29. The van der Waals surface area contributed by atoms with E-state index >= 15 is 0 Å². The van der Waals surface area contributed by atoms with Gasteiger partial charge in [-0.05, 0) is 45.1 Å². The van der Waals surface area contributed by atoms with Crippen LogP contribution in [0.25, 0.3) is 0 Å². The summed E-state index contributed by atoms with van der Waals surface area (Å²) in [5.74, 6) is -0.807. The van der Waals surface area contributed by atoms with Crippen molar-refractivity contribution in [1.29, 1.82) is 0 Å². The van der Waals surface area contributed by atoms with E-state index in [1.54, 1.807) is 12.5 Å². The molecule has 8 nitrogen and oxygen atoms in total. The van der Waals surface area contributed by atoms with Crippen LogP contribution in [-0.4, -0.2) is 53.8 Å². The molecule has 0 bridgehead atoms. The van der Waals surface area contributed by atoms with Crippen molar-refractivity contribution < 1.29 is 37.7 Å². The van der Waals surface area contributed by atoms with E-state index in [9.17, 15) is 14.4 Å². The zero-order valence-electron chi connectivity index (χ0n) is 21.5. The lowest BCUT2D eigenvalue weighted by molar-refractivity contribution is -0.249. The normalized spacial score (nSPS) is 51.8. The number of epoxide rings is 1. The predicted molar refractivity (Wildman–Crippen MR) is 124 cm³/mol. The van der Waals surface area contributed by atoms with E-state index in [0.29, 0.717) is 6.42 Å². The third-order valence-corrected chi connectivity index (χ3v) is 11.4. The fraction of sp³-hybridized carbons (Fsp3) is 0.750. The van der Waals surface area contributed by atoms with Crippen LogP contribution in [0.2, 0.25) is 0 Å². The van der Waals surface area contributed by atoms with Gasteiger partial charge in [0, 0.05) is 34.7 Å². The molecule has 0 amide bonds. The highest BCUT2D eigenvalue weighted by Gasteiger charge is 2.91. The number of cyclic esters (lactones) is 1. The van der Waals surface area contributed by atoms with Gasteiger partial charge in [-0.25, -0.2) is 0 Å². The van der Waals surface area contributed by atoms with Crippen molar-refractivity contribution in [2.45, 2.75) is 95.7 Å². The maximum atomic E-state index is 13.8. The molecule has 0 N–H and O–H groups in total. The summed E-state index contributed by atoms with van der Waals surface area (Å²) in [5.41, 5.74) is -1.97. The number of hydrogen-bond donors (Lipinski definition) is 0. The van der Waals surface area contributed by atoms with Gasteiger partial charge in [-0.3, -0.25) is 14.4 Å². The molecule has 3 aliphatic heterocycles. The minimum absolute atomic E-state index is 0.0121. The Labute approximate surface area is 210 Å². The lowest BCUT2D eigenvalue weighted by Crippen LogP contribution is -2.72. The topological polar surface area (TPSA) is 105 Å². The van der Waals surface area contributed by atoms with Crippen molar-refractivity contribution in [3.63, 3.8) is 0 Å². The molecule has 2 spiro atoms. The van der Waals surface area contributed by atoms with Gasteiger partial charge >= 0.3 is 11.9 Å². The molecule has 0 unspecified atom stereocenters. The number of esters is 2. The zero-order chi connectivity index (χ0) is 25.5. The summed E-state index contributed by atoms with van der Waals surface area (Å²) in [4.78, 5) is 38.7. The van der Waals surface area contributed by atoms with Crippen molar-refractivity contribution in [2.75, 3.05) is 6.61 Å². The molecule has 6 fully saturated rings. The lowest BCUT2D eigenvalue weighted by atomic mass is 9.37. The zero-order valence-corrected chi connectivity index (χ0v) is 21.5. The van der Waals surface area contributed by atoms with Gasteiger partial charge < -0.3 is 23.4 Å². The Morgan fingerprint density at radius 3 is 2.58 bits per heavy atom. The first-order chi connectivity index (χ1) is 16.9. The fourth-order valence-corrected chi connectivity index (χ4v) is 10.3. The number of ketones is 1. The monoisotopic (exact) mass is 498 g/mol. The van der Waals surface area contributed by atoms with Gasteiger partial charge in [0.25, 0.3) is 0 Å². The van der Waals surface area contributed by atoms with E-state index in [1.807, 2.05) is 6.07 Å². The van der Waals surface area contributed by atoms with Gasteiger partial charge in [0.05, 0.1) is 36.6 Å². The van der Waals surface area contributed by atoms with Crippen LogP contribution in [0, 0.1) is 28.1 Å². The average molecular weight is 499 g/mol. The molecule has 3 saturated heterocycles. The number of rotatable bonds is 2. The predicted octanol–water partition coefficient (Wildman–Crippen LogP) is 3.57. The molecule has 8 heteroatoms. The van der Waals surface area contributed by atoms with Crippen LogP contribution in [-0.2, 0) is 33.3 Å². The lowest BCUT2D eigenvalue weighted by Gasteiger charge is -2.66. The molecule has 4 heterocycles. The second-order valence-corrected chi connectivity index (χ2v) is 13.0. The summed E-state index contributed by atoms with van der Waals surface area (Å²) in [7, 11) is 0. The number of hydrogen-bond acceptors (Lipinski definition) is 8. The number of ether oxygens (including phenoxy) is 4. The first kappa shape index (κ1) is 23.0. The summed E-state index contributed by atoms with van der Waals surface area (Å²) in [6.07, 6.45) is 4.37. The summed E-state index contributed by atoms with van der Waals surface area (Å²) >= 11 is 0. The summed E-state index contributed by atoms with van der Waals surface area (Å²) in [5, 5.41) is 0. The number of furan rings is 1. The highest BCUT2D eigenvalue weighted by Crippen LogP contribution is 2.82. The Hall–Kier alpha value is -2.19. The minimum Gasteiger partial charge on any atom is -0.472 e. The molecule has 194 valence electrons. The largest absolute Gasteiger partial charge is 0.472 e. The smallest absolute Gasteiger partial charge is 0.308 e. The fourth-order valence-electron chi connectivity index (χ4n) is 10.3. The van der Waals surface area contributed by atoms with Crippen LogP contribution in [0.5, 0.6) is 0 Å². The van der Waals surface area contributed by atoms with Gasteiger partial charge in [-0.1, -0.05) is 13.8 Å². The molecule has 10 atom stereocenters. The molecule has 6 aliphatic rings. The molecule has 1 aromatic heterocycles. The first-order valence-electron chi connectivity index (χ1n) is 13.2. The molecule has 36 heavy (non-hydrogen) atoms.